The molecule has 0 N–H and O–H groups in total. The van der Waals surface area contributed by atoms with Crippen molar-refractivity contribution in [2.24, 2.45) is 0 Å². The van der Waals surface area contributed by atoms with Crippen LogP contribution in [0.15, 0.2) is 30.6 Å². The first-order chi connectivity index (χ1) is 13.0. The summed E-state index contributed by atoms with van der Waals surface area (Å²) in [5, 5.41) is 0. The first-order valence-electron chi connectivity index (χ1n) is 9.68. The molecule has 0 spiro atoms. The Morgan fingerprint density at radius 2 is 1.89 bits per heavy atom. The van der Waals surface area contributed by atoms with Crippen molar-refractivity contribution in [1.82, 2.24) is 19.4 Å². The minimum absolute atomic E-state index is 0.0158. The molecule has 2 aliphatic rings. The van der Waals surface area contributed by atoms with Gasteiger partial charge in [-0.3, -0.25) is 19.5 Å². The van der Waals surface area contributed by atoms with Crippen LogP contribution in [0.4, 0.5) is 0 Å². The smallest absolute Gasteiger partial charge is 0.255 e. The van der Waals surface area contributed by atoms with Gasteiger partial charge in [-0.1, -0.05) is 0 Å². The maximum Gasteiger partial charge on any atom is 0.255 e. The Hall–Kier alpha value is -2.47. The van der Waals surface area contributed by atoms with Crippen molar-refractivity contribution in [3.8, 4) is 0 Å². The average Bonchev–Trinajstić information content (AvgIpc) is 3.47. The summed E-state index contributed by atoms with van der Waals surface area (Å²) < 4.78 is 2.32. The van der Waals surface area contributed by atoms with Gasteiger partial charge in [0.05, 0.1) is 12.1 Å². The Labute approximate surface area is 159 Å². The lowest BCUT2D eigenvalue weighted by Gasteiger charge is -2.34. The summed E-state index contributed by atoms with van der Waals surface area (Å²) in [4.78, 5) is 33.4. The number of piperazine rings is 1. The van der Waals surface area contributed by atoms with Crippen molar-refractivity contribution in [2.75, 3.05) is 32.7 Å². The van der Waals surface area contributed by atoms with E-state index in [-0.39, 0.29) is 11.7 Å². The molecule has 6 heteroatoms. The number of amides is 1. The highest BCUT2D eigenvalue weighted by molar-refractivity contribution is 5.99. The molecule has 0 unspecified atom stereocenters. The van der Waals surface area contributed by atoms with E-state index in [9.17, 15) is 9.59 Å². The average molecular weight is 366 g/mol. The Balaban J connectivity index is 1.35. The Kier molecular flexibility index (Phi) is 4.83. The van der Waals surface area contributed by atoms with E-state index >= 15 is 0 Å². The zero-order valence-electron chi connectivity index (χ0n) is 16.0. The number of nitrogens with zero attached hydrogens (tertiary/aromatic N) is 4. The molecule has 2 aromatic heterocycles. The number of aromatic nitrogens is 2. The summed E-state index contributed by atoms with van der Waals surface area (Å²) in [6.07, 6.45) is 5.71. The van der Waals surface area contributed by atoms with Crippen molar-refractivity contribution in [3.05, 3.63) is 53.1 Å². The summed E-state index contributed by atoms with van der Waals surface area (Å²) in [6, 6.07) is 6.20. The lowest BCUT2D eigenvalue weighted by atomic mass is 10.1. The van der Waals surface area contributed by atoms with Gasteiger partial charge in [-0.25, -0.2) is 0 Å². The van der Waals surface area contributed by atoms with Crippen LogP contribution in [0, 0.1) is 13.8 Å². The molecule has 0 aromatic carbocycles. The van der Waals surface area contributed by atoms with Gasteiger partial charge in [0.1, 0.15) is 0 Å². The van der Waals surface area contributed by atoms with Gasteiger partial charge in [0.2, 0.25) is 0 Å². The number of aryl methyl sites for hydroxylation is 1. The third-order valence-electron chi connectivity index (χ3n) is 5.63. The van der Waals surface area contributed by atoms with Gasteiger partial charge in [0.25, 0.3) is 5.91 Å². The van der Waals surface area contributed by atoms with E-state index in [0.29, 0.717) is 31.2 Å². The fourth-order valence-electron chi connectivity index (χ4n) is 4.02. The van der Waals surface area contributed by atoms with E-state index < -0.39 is 0 Å². The van der Waals surface area contributed by atoms with Gasteiger partial charge in [-0.15, -0.1) is 0 Å². The van der Waals surface area contributed by atoms with Crippen LogP contribution in [0.25, 0.3) is 0 Å². The number of rotatable bonds is 5. The van der Waals surface area contributed by atoms with Crippen LogP contribution in [0.5, 0.6) is 0 Å². The molecule has 0 atom stereocenters. The Morgan fingerprint density at radius 1 is 1.15 bits per heavy atom. The van der Waals surface area contributed by atoms with Crippen molar-refractivity contribution in [3.63, 3.8) is 0 Å². The number of hydrogen-bond acceptors (Lipinski definition) is 4. The number of carbonyl (C=O) groups is 2. The number of carbonyl (C=O) groups excluding carboxylic acids is 2. The van der Waals surface area contributed by atoms with Gasteiger partial charge in [0.15, 0.2) is 5.78 Å². The largest absolute Gasteiger partial charge is 0.345 e. The molecule has 2 aromatic rings. The zero-order valence-corrected chi connectivity index (χ0v) is 16.0. The molecule has 27 heavy (non-hydrogen) atoms. The van der Waals surface area contributed by atoms with E-state index in [1.165, 1.54) is 18.5 Å². The highest BCUT2D eigenvalue weighted by Crippen LogP contribution is 2.38. The van der Waals surface area contributed by atoms with Crippen molar-refractivity contribution in [2.45, 2.75) is 32.7 Å². The minimum Gasteiger partial charge on any atom is -0.345 e. The van der Waals surface area contributed by atoms with Crippen LogP contribution in [0.2, 0.25) is 0 Å². The molecule has 1 saturated carbocycles. The molecule has 2 fully saturated rings. The van der Waals surface area contributed by atoms with Crippen LogP contribution < -0.4 is 0 Å². The second-order valence-corrected chi connectivity index (χ2v) is 7.62. The Morgan fingerprint density at radius 3 is 2.52 bits per heavy atom. The topological polar surface area (TPSA) is 58.4 Å². The van der Waals surface area contributed by atoms with Crippen molar-refractivity contribution >= 4 is 11.7 Å². The van der Waals surface area contributed by atoms with Crippen molar-refractivity contribution < 1.29 is 9.59 Å². The standard InChI is InChI=1S/C21H26N4O2/c1-15-12-19(16(2)25(15)18-5-6-18)20(26)14-23-8-10-24(11-9-23)21(27)17-4-3-7-22-13-17/h3-4,7,12-13,18H,5-6,8-11,14H2,1-2H3. The molecule has 1 aliphatic heterocycles. The van der Waals surface area contributed by atoms with Crippen molar-refractivity contribution in [1.29, 1.82) is 0 Å². The fraction of sp³-hybridized carbons (Fsp3) is 0.476. The van der Waals surface area contributed by atoms with Gasteiger partial charge >= 0.3 is 0 Å². The predicted octanol–water partition coefficient (Wildman–Crippen LogP) is 2.48. The molecule has 3 heterocycles. The van der Waals surface area contributed by atoms with Crippen LogP contribution in [0.1, 0.15) is 51.0 Å². The maximum absolute atomic E-state index is 12.8. The molecular formula is C21H26N4O2. The third kappa shape index (κ3) is 3.67. The predicted molar refractivity (Wildman–Crippen MR) is 103 cm³/mol. The van der Waals surface area contributed by atoms with Gasteiger partial charge in [-0.05, 0) is 44.9 Å². The molecule has 1 aliphatic carbocycles. The van der Waals surface area contributed by atoms with Gasteiger partial charge in [-0.2, -0.15) is 0 Å². The SMILES string of the molecule is Cc1cc(C(=O)CN2CCN(C(=O)c3cccnc3)CC2)c(C)n1C1CC1. The lowest BCUT2D eigenvalue weighted by molar-refractivity contribution is 0.0624. The summed E-state index contributed by atoms with van der Waals surface area (Å²) in [7, 11) is 0. The maximum atomic E-state index is 12.8. The van der Waals surface area contributed by atoms with E-state index in [0.717, 1.165) is 24.3 Å². The monoisotopic (exact) mass is 366 g/mol. The number of ketones is 1. The highest BCUT2D eigenvalue weighted by atomic mass is 16.2. The molecule has 0 bridgehead atoms. The second kappa shape index (κ2) is 7.27. The quantitative estimate of drug-likeness (QED) is 0.763. The van der Waals surface area contributed by atoms with Crippen LogP contribution >= 0.6 is 0 Å². The first kappa shape index (κ1) is 17.9. The van der Waals surface area contributed by atoms with Crippen LogP contribution in [0.3, 0.4) is 0 Å². The van der Waals surface area contributed by atoms with Gasteiger partial charge < -0.3 is 9.47 Å². The molecule has 6 nitrogen and oxygen atoms in total. The lowest BCUT2D eigenvalue weighted by Crippen LogP contribution is -2.49. The van der Waals surface area contributed by atoms with Crippen LogP contribution in [-0.2, 0) is 0 Å². The first-order valence-corrected chi connectivity index (χ1v) is 9.68. The molecular weight excluding hydrogens is 340 g/mol. The Bertz CT molecular complexity index is 847. The van der Waals surface area contributed by atoms with Crippen LogP contribution in [-0.4, -0.2) is 63.8 Å². The van der Waals surface area contributed by atoms with Gasteiger partial charge in [0, 0.05) is 61.6 Å². The molecule has 0 radical (unpaired) electrons. The summed E-state index contributed by atoms with van der Waals surface area (Å²) >= 11 is 0. The molecule has 142 valence electrons. The summed E-state index contributed by atoms with van der Waals surface area (Å²) in [5.74, 6) is 0.198. The van der Waals surface area contributed by atoms with E-state index in [1.54, 1.807) is 24.5 Å². The summed E-state index contributed by atoms with van der Waals surface area (Å²) in [6.45, 7) is 7.29. The van der Waals surface area contributed by atoms with E-state index in [2.05, 4.69) is 28.3 Å². The zero-order chi connectivity index (χ0) is 19.0. The number of pyridine rings is 1. The number of hydrogen-bond donors (Lipinski definition) is 0. The minimum atomic E-state index is 0.0158. The second-order valence-electron chi connectivity index (χ2n) is 7.62. The fourth-order valence-corrected chi connectivity index (χ4v) is 4.02. The molecule has 1 amide bonds. The molecule has 4 rings (SSSR count). The van der Waals surface area contributed by atoms with E-state index in [1.807, 2.05) is 11.0 Å². The number of Topliss-reactive ketones (excluding diaryl/α,β-unsaturated/α-hetero) is 1. The normalized spacial score (nSPS) is 17.9. The summed E-state index contributed by atoms with van der Waals surface area (Å²) in [5.41, 5.74) is 3.76. The third-order valence-corrected chi connectivity index (χ3v) is 5.63. The van der Waals surface area contributed by atoms with E-state index in [4.69, 9.17) is 0 Å². The highest BCUT2D eigenvalue weighted by Gasteiger charge is 2.29. The molecule has 1 saturated heterocycles.